The van der Waals surface area contributed by atoms with Crippen LogP contribution in [0.15, 0.2) is 18.2 Å². The Bertz CT molecular complexity index is 521. The minimum atomic E-state index is -0.618. The number of nitrogens with zero attached hydrogens (tertiary/aromatic N) is 2. The number of benzene rings is 1. The van der Waals surface area contributed by atoms with Crippen molar-refractivity contribution in [3.8, 4) is 5.75 Å². The molecule has 0 aromatic heterocycles. The quantitative estimate of drug-likeness (QED) is 0.826. The molecule has 0 radical (unpaired) electrons. The lowest BCUT2D eigenvalue weighted by Gasteiger charge is -2.23. The van der Waals surface area contributed by atoms with Crippen molar-refractivity contribution in [1.82, 2.24) is 9.80 Å². The zero-order valence-corrected chi connectivity index (χ0v) is 13.2. The van der Waals surface area contributed by atoms with Gasteiger partial charge in [-0.2, -0.15) is 0 Å². The molecule has 1 amide bonds. The normalized spacial score (nSPS) is 19.8. The maximum absolute atomic E-state index is 12.8. The van der Waals surface area contributed by atoms with Gasteiger partial charge < -0.3 is 19.8 Å². The first kappa shape index (κ1) is 16.7. The van der Waals surface area contributed by atoms with E-state index in [1.165, 1.54) is 0 Å². The number of hydrogen-bond acceptors (Lipinski definition) is 5. The molecule has 122 valence electrons. The highest BCUT2D eigenvalue weighted by Gasteiger charge is 2.27. The van der Waals surface area contributed by atoms with Crippen LogP contribution in [0.2, 0.25) is 0 Å². The summed E-state index contributed by atoms with van der Waals surface area (Å²) in [4.78, 5) is 16.5. The number of carbonyl (C=O) groups is 1. The van der Waals surface area contributed by atoms with Crippen molar-refractivity contribution in [2.45, 2.75) is 13.0 Å². The molecule has 6 heteroatoms. The maximum atomic E-state index is 12.8. The van der Waals surface area contributed by atoms with E-state index < -0.39 is 6.10 Å². The van der Waals surface area contributed by atoms with Gasteiger partial charge in [-0.3, -0.25) is 9.69 Å². The Morgan fingerprint density at radius 2 is 2.14 bits per heavy atom. The fourth-order valence-electron chi connectivity index (χ4n) is 2.83. The molecule has 0 bridgehead atoms. The molecular formula is C16H24N2O4. The van der Waals surface area contributed by atoms with Crippen molar-refractivity contribution in [3.63, 3.8) is 0 Å². The lowest BCUT2D eigenvalue weighted by Crippen LogP contribution is -2.38. The van der Waals surface area contributed by atoms with E-state index in [1.807, 2.05) is 24.0 Å². The molecule has 22 heavy (non-hydrogen) atoms. The van der Waals surface area contributed by atoms with Gasteiger partial charge in [-0.05, 0) is 18.6 Å². The molecule has 1 heterocycles. The average Bonchev–Trinajstić information content (AvgIpc) is 2.68. The lowest BCUT2D eigenvalue weighted by molar-refractivity contribution is 0.0657. The van der Waals surface area contributed by atoms with Crippen LogP contribution in [-0.2, 0) is 0 Å². The first-order chi connectivity index (χ1) is 10.6. The number of methoxy groups -OCH3 is 1. The third-order valence-electron chi connectivity index (χ3n) is 3.96. The predicted octanol–water partition coefficient (Wildman–Crippen LogP) is 0.115. The molecule has 0 saturated carbocycles. The van der Waals surface area contributed by atoms with Gasteiger partial charge in [-0.1, -0.05) is 12.1 Å². The summed E-state index contributed by atoms with van der Waals surface area (Å²) in [7, 11) is 1.55. The molecule has 0 unspecified atom stereocenters. The predicted molar refractivity (Wildman–Crippen MR) is 83.2 cm³/mol. The Kier molecular flexibility index (Phi) is 5.76. The van der Waals surface area contributed by atoms with Gasteiger partial charge in [0.25, 0.3) is 5.91 Å². The molecule has 1 aromatic carbocycles. The summed E-state index contributed by atoms with van der Waals surface area (Å²) in [6.07, 6.45) is -0.618. The summed E-state index contributed by atoms with van der Waals surface area (Å²) in [5, 5.41) is 19.1. The Hall–Kier alpha value is -1.63. The van der Waals surface area contributed by atoms with Crippen LogP contribution in [0, 0.1) is 6.92 Å². The second-order valence-electron chi connectivity index (χ2n) is 5.58. The highest BCUT2D eigenvalue weighted by atomic mass is 16.5. The summed E-state index contributed by atoms with van der Waals surface area (Å²) in [5.41, 5.74) is 1.41. The van der Waals surface area contributed by atoms with Crippen LogP contribution >= 0.6 is 0 Å². The minimum absolute atomic E-state index is 0.0479. The molecule has 1 atom stereocenters. The van der Waals surface area contributed by atoms with Gasteiger partial charge >= 0.3 is 0 Å². The van der Waals surface area contributed by atoms with E-state index in [2.05, 4.69) is 0 Å². The fourth-order valence-corrected chi connectivity index (χ4v) is 2.83. The van der Waals surface area contributed by atoms with Gasteiger partial charge in [-0.25, -0.2) is 0 Å². The Labute approximate surface area is 130 Å². The molecule has 1 aliphatic rings. The number of aryl methyl sites for hydroxylation is 1. The maximum Gasteiger partial charge on any atom is 0.258 e. The SMILES string of the molecule is COc1cccc(C)c1C(=O)N1CCN(CCO)C[C@H](O)C1. The van der Waals surface area contributed by atoms with Crippen molar-refractivity contribution in [2.24, 2.45) is 0 Å². The van der Waals surface area contributed by atoms with E-state index in [0.717, 1.165) is 5.56 Å². The number of hydrogen-bond donors (Lipinski definition) is 2. The highest BCUT2D eigenvalue weighted by molar-refractivity contribution is 5.98. The van der Waals surface area contributed by atoms with Gasteiger partial charge in [0.15, 0.2) is 0 Å². The van der Waals surface area contributed by atoms with Gasteiger partial charge in [0, 0.05) is 32.7 Å². The molecule has 2 N–H and O–H groups in total. The van der Waals surface area contributed by atoms with Gasteiger partial charge in [0.1, 0.15) is 5.75 Å². The van der Waals surface area contributed by atoms with Crippen molar-refractivity contribution >= 4 is 5.91 Å². The van der Waals surface area contributed by atoms with E-state index in [4.69, 9.17) is 9.84 Å². The van der Waals surface area contributed by atoms with Crippen molar-refractivity contribution in [3.05, 3.63) is 29.3 Å². The first-order valence-corrected chi connectivity index (χ1v) is 7.51. The molecule has 0 aliphatic carbocycles. The van der Waals surface area contributed by atoms with Crippen LogP contribution in [0.3, 0.4) is 0 Å². The number of amides is 1. The highest BCUT2D eigenvalue weighted by Crippen LogP contribution is 2.24. The van der Waals surface area contributed by atoms with E-state index in [1.54, 1.807) is 18.1 Å². The zero-order valence-electron chi connectivity index (χ0n) is 13.2. The zero-order chi connectivity index (χ0) is 16.1. The number of rotatable bonds is 4. The van der Waals surface area contributed by atoms with Crippen LogP contribution in [0.25, 0.3) is 0 Å². The standard InChI is InChI=1S/C16H24N2O4/c1-12-4-3-5-14(22-2)15(12)16(21)18-7-6-17(8-9-19)10-13(20)11-18/h3-5,13,19-20H,6-11H2,1-2H3/t13-/m0/s1. The van der Waals surface area contributed by atoms with E-state index in [0.29, 0.717) is 37.5 Å². The van der Waals surface area contributed by atoms with Gasteiger partial charge in [0.2, 0.25) is 0 Å². The molecule has 2 rings (SSSR count). The van der Waals surface area contributed by atoms with Crippen LogP contribution in [0.4, 0.5) is 0 Å². The summed E-state index contributed by atoms with van der Waals surface area (Å²) < 4.78 is 5.30. The third-order valence-corrected chi connectivity index (χ3v) is 3.96. The molecule has 1 saturated heterocycles. The van der Waals surface area contributed by atoms with Crippen molar-refractivity contribution in [2.75, 3.05) is 46.4 Å². The lowest BCUT2D eigenvalue weighted by atomic mass is 10.1. The fraction of sp³-hybridized carbons (Fsp3) is 0.562. The van der Waals surface area contributed by atoms with Crippen LogP contribution < -0.4 is 4.74 Å². The molecule has 1 fully saturated rings. The summed E-state index contributed by atoms with van der Waals surface area (Å²) >= 11 is 0. The Balaban J connectivity index is 2.19. The molecular weight excluding hydrogens is 284 g/mol. The topological polar surface area (TPSA) is 73.2 Å². The molecule has 6 nitrogen and oxygen atoms in total. The summed E-state index contributed by atoms with van der Waals surface area (Å²) in [5.74, 6) is 0.427. The monoisotopic (exact) mass is 308 g/mol. The number of β-amino-alcohol motifs (C(OH)–C–C–N with tert-alkyl or cyclic N) is 2. The smallest absolute Gasteiger partial charge is 0.258 e. The second kappa shape index (κ2) is 7.58. The Morgan fingerprint density at radius 1 is 1.36 bits per heavy atom. The van der Waals surface area contributed by atoms with E-state index in [-0.39, 0.29) is 19.1 Å². The van der Waals surface area contributed by atoms with E-state index in [9.17, 15) is 9.90 Å². The first-order valence-electron chi connectivity index (χ1n) is 7.51. The number of ether oxygens (including phenoxy) is 1. The third kappa shape index (κ3) is 3.76. The minimum Gasteiger partial charge on any atom is -0.496 e. The van der Waals surface area contributed by atoms with Crippen LogP contribution in [-0.4, -0.2) is 78.5 Å². The number of aliphatic hydroxyl groups is 2. The number of carbonyl (C=O) groups excluding carboxylic acids is 1. The molecule has 0 spiro atoms. The number of aliphatic hydroxyl groups excluding tert-OH is 2. The average molecular weight is 308 g/mol. The van der Waals surface area contributed by atoms with Gasteiger partial charge in [0.05, 0.1) is 25.4 Å². The van der Waals surface area contributed by atoms with Crippen molar-refractivity contribution in [1.29, 1.82) is 0 Å². The van der Waals surface area contributed by atoms with Crippen LogP contribution in [0.1, 0.15) is 15.9 Å². The van der Waals surface area contributed by atoms with Crippen LogP contribution in [0.5, 0.6) is 5.75 Å². The largest absolute Gasteiger partial charge is 0.496 e. The Morgan fingerprint density at radius 3 is 2.82 bits per heavy atom. The second-order valence-corrected chi connectivity index (χ2v) is 5.58. The van der Waals surface area contributed by atoms with Gasteiger partial charge in [-0.15, -0.1) is 0 Å². The summed E-state index contributed by atoms with van der Waals surface area (Å²) in [6, 6.07) is 5.50. The summed E-state index contributed by atoms with van der Waals surface area (Å²) in [6.45, 7) is 4.35. The van der Waals surface area contributed by atoms with Crippen molar-refractivity contribution < 1.29 is 19.7 Å². The molecule has 1 aromatic rings. The van der Waals surface area contributed by atoms with E-state index >= 15 is 0 Å². The molecule has 1 aliphatic heterocycles.